The monoisotopic (exact) mass is 210 g/mol. The summed E-state index contributed by atoms with van der Waals surface area (Å²) < 4.78 is 5.45. The van der Waals surface area contributed by atoms with E-state index in [1.807, 2.05) is 6.92 Å². The molecule has 3 unspecified atom stereocenters. The largest absolute Gasteiger partial charge is 0.381 e. The number of fused-ring (bicyclic) bond motifs is 1. The highest BCUT2D eigenvalue weighted by molar-refractivity contribution is 5.81. The molecule has 0 spiro atoms. The summed E-state index contributed by atoms with van der Waals surface area (Å²) in [6, 6.07) is 0.279. The molecule has 0 aromatic rings. The molecule has 15 heavy (non-hydrogen) atoms. The van der Waals surface area contributed by atoms with E-state index in [1.54, 1.807) is 6.20 Å². The number of hydrogen-bond acceptors (Lipinski definition) is 3. The van der Waals surface area contributed by atoms with Crippen molar-refractivity contribution < 1.29 is 9.53 Å². The van der Waals surface area contributed by atoms with Gasteiger partial charge in [0.05, 0.1) is 6.61 Å². The van der Waals surface area contributed by atoms with Crippen LogP contribution >= 0.6 is 0 Å². The molecule has 2 saturated heterocycles. The molecule has 4 heteroatoms. The van der Waals surface area contributed by atoms with Gasteiger partial charge in [-0.2, -0.15) is 0 Å². The standard InChI is InChI=1S/C11H18N2O2/c1-3-13-8(2)11(14)12-6-9-7-15-5-4-10(9)13/h3,8-10H,1,4-7H2,2H3,(H,12,14). The van der Waals surface area contributed by atoms with E-state index >= 15 is 0 Å². The van der Waals surface area contributed by atoms with Crippen LogP contribution in [0, 0.1) is 5.92 Å². The predicted octanol–water partition coefficient (Wildman–Crippen LogP) is 0.355. The molecule has 0 aliphatic carbocycles. The van der Waals surface area contributed by atoms with E-state index in [9.17, 15) is 4.79 Å². The van der Waals surface area contributed by atoms with Gasteiger partial charge in [-0.1, -0.05) is 6.58 Å². The summed E-state index contributed by atoms with van der Waals surface area (Å²) in [4.78, 5) is 13.8. The van der Waals surface area contributed by atoms with Gasteiger partial charge >= 0.3 is 0 Å². The highest BCUT2D eigenvalue weighted by Gasteiger charge is 2.36. The molecule has 2 fully saturated rings. The van der Waals surface area contributed by atoms with Crippen LogP contribution in [0.5, 0.6) is 0 Å². The second-order valence-electron chi connectivity index (χ2n) is 4.24. The van der Waals surface area contributed by atoms with Gasteiger partial charge in [-0.25, -0.2) is 0 Å². The first kappa shape index (κ1) is 10.5. The second kappa shape index (κ2) is 4.23. The van der Waals surface area contributed by atoms with Crippen LogP contribution < -0.4 is 5.32 Å². The van der Waals surface area contributed by atoms with Crippen LogP contribution in [0.3, 0.4) is 0 Å². The number of nitrogens with zero attached hydrogens (tertiary/aromatic N) is 1. The summed E-state index contributed by atoms with van der Waals surface area (Å²) in [7, 11) is 0. The Bertz CT molecular complexity index is 267. The number of rotatable bonds is 1. The summed E-state index contributed by atoms with van der Waals surface area (Å²) in [6.07, 6.45) is 2.77. The van der Waals surface area contributed by atoms with Crippen molar-refractivity contribution in [3.05, 3.63) is 12.8 Å². The summed E-state index contributed by atoms with van der Waals surface area (Å²) in [5.41, 5.74) is 0. The van der Waals surface area contributed by atoms with Crippen LogP contribution in [0.25, 0.3) is 0 Å². The summed E-state index contributed by atoms with van der Waals surface area (Å²) >= 11 is 0. The first-order valence-corrected chi connectivity index (χ1v) is 5.49. The molecule has 2 aliphatic heterocycles. The Kier molecular flexibility index (Phi) is 2.95. The lowest BCUT2D eigenvalue weighted by Crippen LogP contribution is -2.47. The Morgan fingerprint density at radius 3 is 3.20 bits per heavy atom. The van der Waals surface area contributed by atoms with Crippen molar-refractivity contribution in [1.82, 2.24) is 10.2 Å². The van der Waals surface area contributed by atoms with E-state index in [0.717, 1.165) is 26.2 Å². The van der Waals surface area contributed by atoms with E-state index in [4.69, 9.17) is 4.74 Å². The van der Waals surface area contributed by atoms with E-state index in [0.29, 0.717) is 12.0 Å². The van der Waals surface area contributed by atoms with Crippen LogP contribution in [0.1, 0.15) is 13.3 Å². The van der Waals surface area contributed by atoms with E-state index in [2.05, 4.69) is 16.8 Å². The molecule has 2 aliphatic rings. The van der Waals surface area contributed by atoms with E-state index < -0.39 is 0 Å². The van der Waals surface area contributed by atoms with Crippen molar-refractivity contribution in [2.45, 2.75) is 25.4 Å². The van der Waals surface area contributed by atoms with Gasteiger partial charge < -0.3 is 15.0 Å². The van der Waals surface area contributed by atoms with Crippen molar-refractivity contribution in [3.8, 4) is 0 Å². The Hall–Kier alpha value is -1.03. The van der Waals surface area contributed by atoms with Gasteiger partial charge in [0.15, 0.2) is 0 Å². The summed E-state index contributed by atoms with van der Waals surface area (Å²) in [5.74, 6) is 0.481. The lowest BCUT2D eigenvalue weighted by molar-refractivity contribution is -0.124. The Morgan fingerprint density at radius 1 is 1.67 bits per heavy atom. The quantitative estimate of drug-likeness (QED) is 0.679. The highest BCUT2D eigenvalue weighted by Crippen LogP contribution is 2.24. The number of carbonyl (C=O) groups excluding carboxylic acids is 1. The molecule has 0 aromatic carbocycles. The van der Waals surface area contributed by atoms with Crippen molar-refractivity contribution in [2.75, 3.05) is 19.8 Å². The average Bonchev–Trinajstić information content (AvgIpc) is 2.38. The van der Waals surface area contributed by atoms with Crippen LogP contribution in [-0.2, 0) is 9.53 Å². The highest BCUT2D eigenvalue weighted by atomic mass is 16.5. The zero-order valence-electron chi connectivity index (χ0n) is 9.11. The second-order valence-corrected chi connectivity index (χ2v) is 4.24. The van der Waals surface area contributed by atoms with Gasteiger partial charge in [0, 0.05) is 25.1 Å². The number of hydrogen-bond donors (Lipinski definition) is 1. The molecular formula is C11H18N2O2. The SMILES string of the molecule is C=CN1C(C)C(=O)NCC2COCCC21. The average molecular weight is 210 g/mol. The molecule has 1 amide bonds. The number of amides is 1. The third kappa shape index (κ3) is 1.86. The molecule has 0 saturated carbocycles. The summed E-state index contributed by atoms with van der Waals surface area (Å²) in [6.45, 7) is 7.98. The third-order valence-electron chi connectivity index (χ3n) is 3.39. The first-order valence-electron chi connectivity index (χ1n) is 5.49. The number of nitrogens with one attached hydrogen (secondary N) is 1. The van der Waals surface area contributed by atoms with Gasteiger partial charge in [-0.05, 0) is 19.5 Å². The number of ether oxygens (including phenoxy) is 1. The maximum Gasteiger partial charge on any atom is 0.242 e. The van der Waals surface area contributed by atoms with Gasteiger partial charge in [-0.15, -0.1) is 0 Å². The third-order valence-corrected chi connectivity index (χ3v) is 3.39. The van der Waals surface area contributed by atoms with Gasteiger partial charge in [0.2, 0.25) is 5.91 Å². The Labute approximate surface area is 90.3 Å². The van der Waals surface area contributed by atoms with Crippen LogP contribution in [-0.4, -0.2) is 42.6 Å². The van der Waals surface area contributed by atoms with Crippen molar-refractivity contribution in [2.24, 2.45) is 5.92 Å². The molecule has 0 radical (unpaired) electrons. The molecule has 0 bridgehead atoms. The number of carbonyl (C=O) groups is 1. The van der Waals surface area contributed by atoms with E-state index in [1.165, 1.54) is 0 Å². The van der Waals surface area contributed by atoms with Crippen molar-refractivity contribution in [1.29, 1.82) is 0 Å². The molecule has 2 heterocycles. The Morgan fingerprint density at radius 2 is 2.47 bits per heavy atom. The van der Waals surface area contributed by atoms with Gasteiger partial charge in [0.25, 0.3) is 0 Å². The normalized spacial score (nSPS) is 36.5. The maximum atomic E-state index is 11.7. The lowest BCUT2D eigenvalue weighted by atomic mass is 9.94. The van der Waals surface area contributed by atoms with Crippen LogP contribution in [0.4, 0.5) is 0 Å². The maximum absolute atomic E-state index is 11.7. The zero-order chi connectivity index (χ0) is 10.8. The van der Waals surface area contributed by atoms with E-state index in [-0.39, 0.29) is 11.9 Å². The topological polar surface area (TPSA) is 41.6 Å². The Balaban J connectivity index is 2.21. The summed E-state index contributed by atoms with van der Waals surface area (Å²) in [5, 5.41) is 2.95. The minimum Gasteiger partial charge on any atom is -0.381 e. The molecule has 3 atom stereocenters. The minimum absolute atomic E-state index is 0.0873. The predicted molar refractivity (Wildman–Crippen MR) is 57.2 cm³/mol. The molecule has 84 valence electrons. The van der Waals surface area contributed by atoms with Crippen molar-refractivity contribution in [3.63, 3.8) is 0 Å². The minimum atomic E-state index is -0.115. The fourth-order valence-electron chi connectivity index (χ4n) is 2.47. The molecular weight excluding hydrogens is 192 g/mol. The smallest absolute Gasteiger partial charge is 0.242 e. The van der Waals surface area contributed by atoms with Crippen molar-refractivity contribution >= 4 is 5.91 Å². The molecule has 4 nitrogen and oxygen atoms in total. The molecule has 0 aromatic heterocycles. The fourth-order valence-corrected chi connectivity index (χ4v) is 2.47. The van der Waals surface area contributed by atoms with Gasteiger partial charge in [-0.3, -0.25) is 4.79 Å². The molecule has 2 rings (SSSR count). The lowest BCUT2D eigenvalue weighted by Gasteiger charge is -2.38. The fraction of sp³-hybridized carbons (Fsp3) is 0.727. The zero-order valence-corrected chi connectivity index (χ0v) is 9.11. The molecule has 1 N–H and O–H groups in total. The van der Waals surface area contributed by atoms with Crippen LogP contribution in [0.2, 0.25) is 0 Å². The first-order chi connectivity index (χ1) is 7.24. The van der Waals surface area contributed by atoms with Gasteiger partial charge in [0.1, 0.15) is 6.04 Å². The van der Waals surface area contributed by atoms with Crippen LogP contribution in [0.15, 0.2) is 12.8 Å².